The number of halogens is 3. The van der Waals surface area contributed by atoms with Crippen LogP contribution in [0.15, 0.2) is 54.7 Å². The van der Waals surface area contributed by atoms with Gasteiger partial charge in [0.2, 0.25) is 0 Å². The minimum Gasteiger partial charge on any atom is -0.331 e. The lowest BCUT2D eigenvalue weighted by Crippen LogP contribution is -2.33. The topological polar surface area (TPSA) is 38.1 Å². The number of carbonyl (C=O) groups excluding carboxylic acids is 1. The molecular weight excluding hydrogens is 396 g/mol. The van der Waals surface area contributed by atoms with E-state index in [1.165, 1.54) is 17.9 Å². The predicted octanol–water partition coefficient (Wildman–Crippen LogP) is 5.48. The van der Waals surface area contributed by atoms with Crippen LogP contribution in [0.25, 0.3) is 11.1 Å². The van der Waals surface area contributed by atoms with Gasteiger partial charge in [-0.1, -0.05) is 54.1 Å². The summed E-state index contributed by atoms with van der Waals surface area (Å²) in [6.07, 6.45) is 0.273. The molecule has 2 aromatic carbocycles. The summed E-state index contributed by atoms with van der Waals surface area (Å²) in [5.41, 5.74) is 2.29. The Hall–Kier alpha value is -2.73. The van der Waals surface area contributed by atoms with Gasteiger partial charge in [0.05, 0.1) is 5.56 Å². The third kappa shape index (κ3) is 4.17. The first-order valence-corrected chi connectivity index (χ1v) is 9.78. The molecule has 1 heterocycles. The monoisotopic (exact) mass is 415 g/mol. The highest BCUT2D eigenvalue weighted by Gasteiger charge is 2.36. The third-order valence-corrected chi connectivity index (χ3v) is 5.40. The highest BCUT2D eigenvalue weighted by atomic mass is 35.5. The lowest BCUT2D eigenvalue weighted by molar-refractivity contribution is 0.0717. The fraction of sp³-hybridized carbons (Fsp3) is 0.273. The molecule has 1 fully saturated rings. The molecule has 4 rings (SSSR count). The van der Waals surface area contributed by atoms with Crippen molar-refractivity contribution in [1.29, 1.82) is 0 Å². The van der Waals surface area contributed by atoms with Crippen molar-refractivity contribution in [2.24, 2.45) is 7.05 Å². The number of aryl methyl sites for hydroxylation is 1. The van der Waals surface area contributed by atoms with Gasteiger partial charge in [-0.05, 0) is 35.6 Å². The van der Waals surface area contributed by atoms with Crippen molar-refractivity contribution in [3.63, 3.8) is 0 Å². The molecule has 1 aromatic heterocycles. The second kappa shape index (κ2) is 7.95. The number of rotatable bonds is 6. The Morgan fingerprint density at radius 3 is 2.55 bits per heavy atom. The lowest BCUT2D eigenvalue weighted by Gasteiger charge is -2.23. The van der Waals surface area contributed by atoms with Gasteiger partial charge in [0, 0.05) is 30.9 Å². The Labute approximate surface area is 172 Å². The number of benzene rings is 2. The summed E-state index contributed by atoms with van der Waals surface area (Å²) in [4.78, 5) is 14.7. The molecule has 0 saturated heterocycles. The van der Waals surface area contributed by atoms with E-state index in [1.807, 2.05) is 48.5 Å². The van der Waals surface area contributed by atoms with E-state index in [9.17, 15) is 13.6 Å². The number of carbonyl (C=O) groups is 1. The van der Waals surface area contributed by atoms with Crippen LogP contribution in [0, 0.1) is 0 Å². The molecular formula is C22H20ClF2N3O. The molecule has 0 aliphatic heterocycles. The van der Waals surface area contributed by atoms with Gasteiger partial charge in [-0.15, -0.1) is 0 Å². The summed E-state index contributed by atoms with van der Waals surface area (Å²) in [6, 6.07) is 15.6. The van der Waals surface area contributed by atoms with Gasteiger partial charge < -0.3 is 4.90 Å². The van der Waals surface area contributed by atoms with Crippen LogP contribution in [0.5, 0.6) is 0 Å². The third-order valence-electron chi connectivity index (χ3n) is 5.04. The molecule has 1 aliphatic rings. The zero-order valence-corrected chi connectivity index (χ0v) is 16.6. The van der Waals surface area contributed by atoms with Crippen LogP contribution in [0.1, 0.15) is 40.9 Å². The molecule has 3 aromatic rings. The number of aromatic nitrogens is 2. The maximum atomic E-state index is 13.3. The SMILES string of the molecule is Cn1cc(C(=O)N(Cc2ccc(-c3ccccc3)cc2Cl)C2CC2)c(C(F)F)n1. The predicted molar refractivity (Wildman–Crippen MR) is 108 cm³/mol. The van der Waals surface area contributed by atoms with E-state index in [2.05, 4.69) is 5.10 Å². The molecule has 29 heavy (non-hydrogen) atoms. The van der Waals surface area contributed by atoms with Crippen molar-refractivity contribution < 1.29 is 13.6 Å². The largest absolute Gasteiger partial charge is 0.331 e. The molecule has 0 bridgehead atoms. The van der Waals surface area contributed by atoms with Crippen molar-refractivity contribution in [3.05, 3.63) is 76.6 Å². The van der Waals surface area contributed by atoms with E-state index in [0.29, 0.717) is 5.02 Å². The van der Waals surface area contributed by atoms with E-state index in [0.717, 1.165) is 29.5 Å². The second-order valence-electron chi connectivity index (χ2n) is 7.24. The molecule has 150 valence electrons. The fourth-order valence-corrected chi connectivity index (χ4v) is 3.65. The van der Waals surface area contributed by atoms with Crippen molar-refractivity contribution in [1.82, 2.24) is 14.7 Å². The van der Waals surface area contributed by atoms with Gasteiger partial charge in [0.25, 0.3) is 12.3 Å². The minimum absolute atomic E-state index is 0.0399. The summed E-state index contributed by atoms with van der Waals surface area (Å²) >= 11 is 6.51. The zero-order valence-electron chi connectivity index (χ0n) is 15.9. The van der Waals surface area contributed by atoms with Crippen LogP contribution in [-0.4, -0.2) is 26.6 Å². The highest BCUT2D eigenvalue weighted by Crippen LogP contribution is 2.34. The van der Waals surface area contributed by atoms with Crippen LogP contribution in [0.4, 0.5) is 8.78 Å². The zero-order chi connectivity index (χ0) is 20.5. The maximum Gasteiger partial charge on any atom is 0.282 e. The van der Waals surface area contributed by atoms with Crippen molar-refractivity contribution in [2.45, 2.75) is 31.9 Å². The van der Waals surface area contributed by atoms with Crippen LogP contribution in [0.3, 0.4) is 0 Å². The van der Waals surface area contributed by atoms with E-state index < -0.39 is 18.0 Å². The van der Waals surface area contributed by atoms with Gasteiger partial charge in [-0.3, -0.25) is 9.48 Å². The number of hydrogen-bond acceptors (Lipinski definition) is 2. The normalized spacial score (nSPS) is 13.7. The number of nitrogens with zero attached hydrogens (tertiary/aromatic N) is 3. The second-order valence-corrected chi connectivity index (χ2v) is 7.65. The molecule has 1 amide bonds. The Morgan fingerprint density at radius 2 is 1.93 bits per heavy atom. The first-order valence-electron chi connectivity index (χ1n) is 9.40. The van der Waals surface area contributed by atoms with Gasteiger partial charge in [-0.2, -0.15) is 5.10 Å². The minimum atomic E-state index is -2.80. The quantitative estimate of drug-likeness (QED) is 0.534. The van der Waals surface area contributed by atoms with E-state index in [1.54, 1.807) is 4.90 Å². The van der Waals surface area contributed by atoms with E-state index in [-0.39, 0.29) is 18.2 Å². The molecule has 4 nitrogen and oxygen atoms in total. The smallest absolute Gasteiger partial charge is 0.282 e. The fourth-order valence-electron chi connectivity index (χ4n) is 3.41. The van der Waals surface area contributed by atoms with E-state index >= 15 is 0 Å². The van der Waals surface area contributed by atoms with Crippen LogP contribution in [0.2, 0.25) is 5.02 Å². The summed E-state index contributed by atoms with van der Waals surface area (Å²) in [7, 11) is 1.53. The van der Waals surface area contributed by atoms with Crippen molar-refractivity contribution >= 4 is 17.5 Å². The number of amides is 1. The molecule has 0 unspecified atom stereocenters. The van der Waals surface area contributed by atoms with Crippen LogP contribution >= 0.6 is 11.6 Å². The first-order chi connectivity index (χ1) is 13.9. The number of alkyl halides is 2. The standard InChI is InChI=1S/C22H20ClF2N3O/c1-27-13-18(20(26-27)21(24)25)22(29)28(17-9-10-17)12-16-8-7-15(11-19(16)23)14-5-3-2-4-6-14/h2-8,11,13,17,21H,9-10,12H2,1H3. The van der Waals surface area contributed by atoms with Gasteiger partial charge in [-0.25, -0.2) is 8.78 Å². The summed E-state index contributed by atoms with van der Waals surface area (Å²) in [5, 5.41) is 4.30. The Balaban J connectivity index is 1.60. The maximum absolute atomic E-state index is 13.3. The van der Waals surface area contributed by atoms with E-state index in [4.69, 9.17) is 11.6 Å². The summed E-state index contributed by atoms with van der Waals surface area (Å²) < 4.78 is 27.9. The van der Waals surface area contributed by atoms with Gasteiger partial charge in [0.1, 0.15) is 5.69 Å². The average Bonchev–Trinajstić information content (AvgIpc) is 3.47. The Kier molecular flexibility index (Phi) is 5.37. The van der Waals surface area contributed by atoms with Crippen molar-refractivity contribution in [2.75, 3.05) is 0 Å². The molecule has 0 spiro atoms. The van der Waals surface area contributed by atoms with Crippen molar-refractivity contribution in [3.8, 4) is 11.1 Å². The first kappa shape index (κ1) is 19.6. The lowest BCUT2D eigenvalue weighted by atomic mass is 10.0. The molecule has 0 N–H and O–H groups in total. The Bertz CT molecular complexity index is 1030. The molecule has 1 saturated carbocycles. The molecule has 7 heteroatoms. The van der Waals surface area contributed by atoms with Gasteiger partial charge >= 0.3 is 0 Å². The molecule has 1 aliphatic carbocycles. The highest BCUT2D eigenvalue weighted by molar-refractivity contribution is 6.31. The van der Waals surface area contributed by atoms with Crippen LogP contribution in [-0.2, 0) is 13.6 Å². The Morgan fingerprint density at radius 1 is 1.21 bits per heavy atom. The van der Waals surface area contributed by atoms with Gasteiger partial charge in [0.15, 0.2) is 0 Å². The summed E-state index contributed by atoms with van der Waals surface area (Å²) in [5.74, 6) is -0.431. The molecule has 0 radical (unpaired) electrons. The molecule has 0 atom stereocenters. The number of hydrogen-bond donors (Lipinski definition) is 0. The van der Waals surface area contributed by atoms with Crippen LogP contribution < -0.4 is 0 Å². The summed E-state index contributed by atoms with van der Waals surface area (Å²) in [6.45, 7) is 0.273. The average molecular weight is 416 g/mol.